The van der Waals surface area contributed by atoms with Gasteiger partial charge in [0, 0.05) is 0 Å². The number of nitrogens with zero attached hydrogens (tertiary/aromatic N) is 1. The Balaban J connectivity index is 2.35. The molecule has 2 N–H and O–H groups in total. The minimum absolute atomic E-state index is 0.0374. The van der Waals surface area contributed by atoms with E-state index in [1.165, 1.54) is 4.90 Å². The van der Waals surface area contributed by atoms with Gasteiger partial charge in [-0.2, -0.15) is 12.6 Å². The van der Waals surface area contributed by atoms with E-state index in [4.69, 9.17) is 5.73 Å². The van der Waals surface area contributed by atoms with Gasteiger partial charge in [0.2, 0.25) is 11.8 Å². The van der Waals surface area contributed by atoms with Crippen LogP contribution in [0, 0.1) is 0 Å². The van der Waals surface area contributed by atoms with Crippen LogP contribution in [0.1, 0.15) is 11.1 Å². The molecule has 4 nitrogen and oxygen atoms in total. The van der Waals surface area contributed by atoms with Gasteiger partial charge in [0.15, 0.2) is 0 Å². The third-order valence-corrected chi connectivity index (χ3v) is 3.06. The molecule has 0 atom stereocenters. The molecule has 90 valence electrons. The summed E-state index contributed by atoms with van der Waals surface area (Å²) in [5.41, 5.74) is 8.17. The fourth-order valence-electron chi connectivity index (χ4n) is 2.04. The van der Waals surface area contributed by atoms with Gasteiger partial charge in [-0.3, -0.25) is 9.59 Å². The van der Waals surface area contributed by atoms with Gasteiger partial charge in [-0.25, -0.2) is 4.90 Å². The standard InChI is InChI=1S/C12H14N2O2S/c13-4-3-8-1-2-10-9(5-8)6-11(15)14(10)12(16)7-17/h1-2,5,17H,3-4,6-7,13H2. The number of imide groups is 1. The van der Waals surface area contributed by atoms with Gasteiger partial charge in [-0.15, -0.1) is 0 Å². The molecule has 0 saturated carbocycles. The van der Waals surface area contributed by atoms with Crippen molar-refractivity contribution in [2.24, 2.45) is 5.73 Å². The van der Waals surface area contributed by atoms with Crippen molar-refractivity contribution in [3.8, 4) is 0 Å². The van der Waals surface area contributed by atoms with E-state index in [9.17, 15) is 9.59 Å². The van der Waals surface area contributed by atoms with Crippen LogP contribution in [0.3, 0.4) is 0 Å². The number of nitrogens with two attached hydrogens (primary N) is 1. The summed E-state index contributed by atoms with van der Waals surface area (Å²) >= 11 is 3.92. The number of rotatable bonds is 3. The third kappa shape index (κ3) is 2.21. The summed E-state index contributed by atoms with van der Waals surface area (Å²) in [6.07, 6.45) is 1.06. The molecule has 0 fully saturated rings. The number of amides is 2. The average molecular weight is 250 g/mol. The summed E-state index contributed by atoms with van der Waals surface area (Å²) in [7, 11) is 0. The van der Waals surface area contributed by atoms with Crippen LogP contribution in [0.15, 0.2) is 18.2 Å². The molecule has 1 heterocycles. The van der Waals surface area contributed by atoms with Gasteiger partial charge in [-0.1, -0.05) is 12.1 Å². The maximum atomic E-state index is 11.7. The fraction of sp³-hybridized carbons (Fsp3) is 0.333. The molecular weight excluding hydrogens is 236 g/mol. The quantitative estimate of drug-likeness (QED) is 0.769. The maximum Gasteiger partial charge on any atom is 0.243 e. The highest BCUT2D eigenvalue weighted by Gasteiger charge is 2.31. The molecule has 5 heteroatoms. The molecule has 0 aliphatic carbocycles. The number of hydrogen-bond donors (Lipinski definition) is 2. The second kappa shape index (κ2) is 4.89. The largest absolute Gasteiger partial charge is 0.330 e. The van der Waals surface area contributed by atoms with E-state index in [0.29, 0.717) is 12.2 Å². The summed E-state index contributed by atoms with van der Waals surface area (Å²) in [5.74, 6) is -0.414. The van der Waals surface area contributed by atoms with Crippen molar-refractivity contribution >= 4 is 30.1 Å². The molecule has 0 spiro atoms. The van der Waals surface area contributed by atoms with Crippen molar-refractivity contribution in [2.45, 2.75) is 12.8 Å². The highest BCUT2D eigenvalue weighted by Crippen LogP contribution is 2.30. The zero-order chi connectivity index (χ0) is 12.4. The number of hydrogen-bond acceptors (Lipinski definition) is 4. The van der Waals surface area contributed by atoms with Crippen LogP contribution in [-0.2, 0) is 22.4 Å². The monoisotopic (exact) mass is 250 g/mol. The molecule has 0 saturated heterocycles. The van der Waals surface area contributed by atoms with Gasteiger partial charge in [0.25, 0.3) is 0 Å². The molecule has 2 rings (SSSR count). The molecule has 1 aromatic rings. The SMILES string of the molecule is NCCc1ccc2c(c1)CC(=O)N2C(=O)CS. The van der Waals surface area contributed by atoms with Crippen molar-refractivity contribution in [1.82, 2.24) is 0 Å². The molecule has 0 radical (unpaired) electrons. The van der Waals surface area contributed by atoms with E-state index in [1.54, 1.807) is 0 Å². The Labute approximate surface area is 105 Å². The highest BCUT2D eigenvalue weighted by molar-refractivity contribution is 7.81. The zero-order valence-corrected chi connectivity index (χ0v) is 10.2. The smallest absolute Gasteiger partial charge is 0.243 e. The Morgan fingerprint density at radius 3 is 2.88 bits per heavy atom. The predicted molar refractivity (Wildman–Crippen MR) is 69.3 cm³/mol. The zero-order valence-electron chi connectivity index (χ0n) is 9.35. The number of benzene rings is 1. The number of fused-ring (bicyclic) bond motifs is 1. The van der Waals surface area contributed by atoms with Crippen LogP contribution in [0.25, 0.3) is 0 Å². The molecule has 0 bridgehead atoms. The Hall–Kier alpha value is -1.33. The van der Waals surface area contributed by atoms with Crippen LogP contribution in [0.4, 0.5) is 5.69 Å². The summed E-state index contributed by atoms with van der Waals surface area (Å²) in [5, 5.41) is 0. The van der Waals surface area contributed by atoms with Crippen molar-refractivity contribution in [3.05, 3.63) is 29.3 Å². The van der Waals surface area contributed by atoms with Gasteiger partial charge in [0.1, 0.15) is 0 Å². The molecule has 17 heavy (non-hydrogen) atoms. The first-order valence-electron chi connectivity index (χ1n) is 5.46. The summed E-state index contributed by atoms with van der Waals surface area (Å²) < 4.78 is 0. The molecule has 0 unspecified atom stereocenters. The summed E-state index contributed by atoms with van der Waals surface area (Å²) in [6.45, 7) is 0.575. The van der Waals surface area contributed by atoms with Gasteiger partial charge >= 0.3 is 0 Å². The fourth-order valence-corrected chi connectivity index (χ4v) is 2.18. The van der Waals surface area contributed by atoms with E-state index in [1.807, 2.05) is 18.2 Å². The van der Waals surface area contributed by atoms with Gasteiger partial charge < -0.3 is 5.73 Å². The minimum Gasteiger partial charge on any atom is -0.330 e. The molecule has 1 aliphatic rings. The third-order valence-electron chi connectivity index (χ3n) is 2.79. The lowest BCUT2D eigenvalue weighted by molar-refractivity contribution is -0.124. The maximum absolute atomic E-state index is 11.7. The van der Waals surface area contributed by atoms with E-state index < -0.39 is 0 Å². The predicted octanol–water partition coefficient (Wildman–Crippen LogP) is 0.533. The topological polar surface area (TPSA) is 63.4 Å². The minimum atomic E-state index is -0.274. The highest BCUT2D eigenvalue weighted by atomic mass is 32.1. The Bertz CT molecular complexity index is 474. The normalized spacial score (nSPS) is 14.0. The molecule has 2 amide bonds. The van der Waals surface area contributed by atoms with Gasteiger partial charge in [0.05, 0.1) is 17.9 Å². The van der Waals surface area contributed by atoms with E-state index in [0.717, 1.165) is 17.5 Å². The first-order valence-corrected chi connectivity index (χ1v) is 6.09. The second-order valence-corrected chi connectivity index (χ2v) is 4.28. The number of thiol groups is 1. The van der Waals surface area contributed by atoms with Crippen LogP contribution in [0.2, 0.25) is 0 Å². The van der Waals surface area contributed by atoms with Crippen LogP contribution in [0.5, 0.6) is 0 Å². The molecule has 1 aromatic carbocycles. The molecular formula is C12H14N2O2S. The summed E-state index contributed by atoms with van der Waals surface area (Å²) in [6, 6.07) is 5.67. The van der Waals surface area contributed by atoms with Crippen LogP contribution >= 0.6 is 12.6 Å². The lowest BCUT2D eigenvalue weighted by atomic mass is 10.1. The number of anilines is 1. The molecule has 1 aliphatic heterocycles. The van der Waals surface area contributed by atoms with Crippen molar-refractivity contribution < 1.29 is 9.59 Å². The van der Waals surface area contributed by atoms with E-state index >= 15 is 0 Å². The first-order chi connectivity index (χ1) is 8.17. The van der Waals surface area contributed by atoms with Crippen molar-refractivity contribution in [1.29, 1.82) is 0 Å². The van der Waals surface area contributed by atoms with Crippen LogP contribution in [-0.4, -0.2) is 24.1 Å². The van der Waals surface area contributed by atoms with Crippen LogP contribution < -0.4 is 10.6 Å². The first kappa shape index (κ1) is 12.1. The second-order valence-electron chi connectivity index (χ2n) is 3.96. The van der Waals surface area contributed by atoms with Crippen molar-refractivity contribution in [2.75, 3.05) is 17.2 Å². The lowest BCUT2D eigenvalue weighted by Crippen LogP contribution is -2.34. The van der Waals surface area contributed by atoms with Crippen molar-refractivity contribution in [3.63, 3.8) is 0 Å². The Kier molecular flexibility index (Phi) is 3.49. The number of carbonyl (C=O) groups excluding carboxylic acids is 2. The van der Waals surface area contributed by atoms with Gasteiger partial charge in [-0.05, 0) is 30.2 Å². The average Bonchev–Trinajstić information content (AvgIpc) is 2.64. The lowest BCUT2D eigenvalue weighted by Gasteiger charge is -2.14. The number of carbonyl (C=O) groups is 2. The summed E-state index contributed by atoms with van der Waals surface area (Å²) in [4.78, 5) is 24.6. The van der Waals surface area contributed by atoms with E-state index in [-0.39, 0.29) is 24.0 Å². The Morgan fingerprint density at radius 2 is 2.24 bits per heavy atom. The Morgan fingerprint density at radius 1 is 1.47 bits per heavy atom. The van der Waals surface area contributed by atoms with E-state index in [2.05, 4.69) is 12.6 Å². The molecule has 0 aromatic heterocycles.